The van der Waals surface area contributed by atoms with Gasteiger partial charge in [0.05, 0.1) is 17.4 Å². The second-order valence-corrected chi connectivity index (χ2v) is 4.14. The molecule has 20 heavy (non-hydrogen) atoms. The first-order valence-electron chi connectivity index (χ1n) is 5.74. The number of amides is 1. The van der Waals surface area contributed by atoms with Gasteiger partial charge in [0.1, 0.15) is 5.82 Å². The number of aryl methyl sites for hydroxylation is 1. The van der Waals surface area contributed by atoms with Crippen molar-refractivity contribution in [3.63, 3.8) is 0 Å². The summed E-state index contributed by atoms with van der Waals surface area (Å²) in [5.74, 6) is -2.12. The monoisotopic (exact) mass is 274 g/mol. The number of halogens is 1. The van der Waals surface area contributed by atoms with Gasteiger partial charge in [0.15, 0.2) is 0 Å². The Morgan fingerprint density at radius 1 is 1.25 bits per heavy atom. The van der Waals surface area contributed by atoms with E-state index in [1.165, 1.54) is 36.7 Å². The zero-order chi connectivity index (χ0) is 14.7. The number of aromatic carboxylic acids is 1. The maximum absolute atomic E-state index is 13.0. The van der Waals surface area contributed by atoms with Gasteiger partial charge in [0, 0.05) is 11.8 Å². The van der Waals surface area contributed by atoms with Gasteiger partial charge in [-0.25, -0.2) is 9.18 Å². The number of carboxylic acid groups (broad SMARTS) is 1. The lowest BCUT2D eigenvalue weighted by molar-refractivity contribution is 0.0698. The zero-order valence-corrected chi connectivity index (χ0v) is 10.6. The number of rotatable bonds is 3. The molecule has 0 saturated heterocycles. The van der Waals surface area contributed by atoms with Crippen LogP contribution < -0.4 is 5.32 Å². The van der Waals surface area contributed by atoms with Crippen molar-refractivity contribution in [1.82, 2.24) is 4.98 Å². The number of anilines is 1. The molecule has 1 heterocycles. The van der Waals surface area contributed by atoms with E-state index in [2.05, 4.69) is 10.3 Å². The molecular formula is C14H11FN2O3. The average Bonchev–Trinajstić information content (AvgIpc) is 2.38. The Bertz CT molecular complexity index is 686. The van der Waals surface area contributed by atoms with E-state index in [1.54, 1.807) is 6.92 Å². The lowest BCUT2D eigenvalue weighted by Crippen LogP contribution is -2.16. The number of aromatic nitrogens is 1. The van der Waals surface area contributed by atoms with E-state index in [1.807, 2.05) is 0 Å². The minimum absolute atomic E-state index is 0.0619. The van der Waals surface area contributed by atoms with E-state index in [0.29, 0.717) is 5.56 Å². The van der Waals surface area contributed by atoms with Crippen molar-refractivity contribution in [2.75, 3.05) is 5.32 Å². The van der Waals surface area contributed by atoms with E-state index in [-0.39, 0.29) is 16.8 Å². The Balaban J connectivity index is 2.30. The standard InChI is InChI=1S/C14H11FN2O3/c1-8-6-9(15)2-3-10(8)13(18)17-12-7-16-5-4-11(12)14(19)20/h2-7H,1H3,(H,17,18)(H,19,20). The molecule has 1 amide bonds. The lowest BCUT2D eigenvalue weighted by Gasteiger charge is -2.09. The highest BCUT2D eigenvalue weighted by atomic mass is 19.1. The maximum Gasteiger partial charge on any atom is 0.337 e. The Kier molecular flexibility index (Phi) is 3.74. The number of hydrogen-bond donors (Lipinski definition) is 2. The fourth-order valence-corrected chi connectivity index (χ4v) is 1.75. The van der Waals surface area contributed by atoms with Gasteiger partial charge >= 0.3 is 5.97 Å². The number of benzene rings is 1. The molecule has 0 unspecified atom stereocenters. The number of nitrogens with one attached hydrogen (secondary N) is 1. The highest BCUT2D eigenvalue weighted by Gasteiger charge is 2.15. The summed E-state index contributed by atoms with van der Waals surface area (Å²) in [5.41, 5.74) is 0.761. The molecule has 0 aliphatic rings. The van der Waals surface area contributed by atoms with Crippen molar-refractivity contribution in [3.05, 3.63) is 59.2 Å². The van der Waals surface area contributed by atoms with E-state index in [0.717, 1.165) is 0 Å². The van der Waals surface area contributed by atoms with Crippen LogP contribution in [0.5, 0.6) is 0 Å². The second-order valence-electron chi connectivity index (χ2n) is 4.14. The Labute approximate surface area is 114 Å². The third-order valence-electron chi connectivity index (χ3n) is 2.73. The summed E-state index contributed by atoms with van der Waals surface area (Å²) in [4.78, 5) is 26.9. The number of carboxylic acids is 1. The predicted molar refractivity (Wildman–Crippen MR) is 70.3 cm³/mol. The van der Waals surface area contributed by atoms with Gasteiger partial charge in [-0.05, 0) is 36.8 Å². The molecule has 2 aromatic rings. The first-order chi connectivity index (χ1) is 9.49. The van der Waals surface area contributed by atoms with Crippen LogP contribution in [0.2, 0.25) is 0 Å². The third kappa shape index (κ3) is 2.80. The summed E-state index contributed by atoms with van der Waals surface area (Å²) < 4.78 is 13.0. The van der Waals surface area contributed by atoms with E-state index in [9.17, 15) is 14.0 Å². The van der Waals surface area contributed by atoms with Crippen molar-refractivity contribution in [1.29, 1.82) is 0 Å². The second kappa shape index (κ2) is 5.48. The van der Waals surface area contributed by atoms with Crippen LogP contribution in [0.1, 0.15) is 26.3 Å². The molecule has 0 saturated carbocycles. The number of nitrogens with zero attached hydrogens (tertiary/aromatic N) is 1. The fourth-order valence-electron chi connectivity index (χ4n) is 1.75. The summed E-state index contributed by atoms with van der Waals surface area (Å²) in [5, 5.41) is 11.5. The Morgan fingerprint density at radius 3 is 2.65 bits per heavy atom. The number of hydrogen-bond acceptors (Lipinski definition) is 3. The molecule has 0 atom stereocenters. The summed E-state index contributed by atoms with van der Waals surface area (Å²) in [6.07, 6.45) is 2.57. The quantitative estimate of drug-likeness (QED) is 0.901. The fraction of sp³-hybridized carbons (Fsp3) is 0.0714. The molecular weight excluding hydrogens is 263 g/mol. The molecule has 102 valence electrons. The molecule has 2 rings (SSSR count). The van der Waals surface area contributed by atoms with Crippen LogP contribution in [-0.2, 0) is 0 Å². The minimum atomic E-state index is -1.17. The molecule has 1 aromatic carbocycles. The molecule has 0 spiro atoms. The molecule has 0 aliphatic carbocycles. The first-order valence-corrected chi connectivity index (χ1v) is 5.74. The molecule has 6 heteroatoms. The maximum atomic E-state index is 13.0. The third-order valence-corrected chi connectivity index (χ3v) is 2.73. The van der Waals surface area contributed by atoms with Crippen molar-refractivity contribution < 1.29 is 19.1 Å². The summed E-state index contributed by atoms with van der Waals surface area (Å²) in [7, 11) is 0. The van der Waals surface area contributed by atoms with Crippen LogP contribution in [0.4, 0.5) is 10.1 Å². The van der Waals surface area contributed by atoms with Gasteiger partial charge in [-0.2, -0.15) is 0 Å². The van der Waals surface area contributed by atoms with Crippen LogP contribution in [-0.4, -0.2) is 22.0 Å². The van der Waals surface area contributed by atoms with Crippen molar-refractivity contribution in [2.45, 2.75) is 6.92 Å². The molecule has 0 aliphatic heterocycles. The number of carbonyl (C=O) groups is 2. The SMILES string of the molecule is Cc1cc(F)ccc1C(=O)Nc1cnccc1C(=O)O. The number of pyridine rings is 1. The van der Waals surface area contributed by atoms with Gasteiger partial charge in [-0.15, -0.1) is 0 Å². The zero-order valence-electron chi connectivity index (χ0n) is 10.6. The molecule has 5 nitrogen and oxygen atoms in total. The predicted octanol–water partition coefficient (Wildman–Crippen LogP) is 2.48. The van der Waals surface area contributed by atoms with Gasteiger partial charge in [0.25, 0.3) is 5.91 Å². The van der Waals surface area contributed by atoms with Crippen molar-refractivity contribution >= 4 is 17.6 Å². The van der Waals surface area contributed by atoms with Gasteiger partial charge in [-0.3, -0.25) is 9.78 Å². The summed E-state index contributed by atoms with van der Waals surface area (Å²) >= 11 is 0. The van der Waals surface area contributed by atoms with Crippen LogP contribution in [0, 0.1) is 12.7 Å². The Morgan fingerprint density at radius 2 is 2.00 bits per heavy atom. The van der Waals surface area contributed by atoms with Gasteiger partial charge < -0.3 is 10.4 Å². The van der Waals surface area contributed by atoms with Crippen LogP contribution in [0.25, 0.3) is 0 Å². The topological polar surface area (TPSA) is 79.3 Å². The molecule has 0 radical (unpaired) electrons. The molecule has 2 N–H and O–H groups in total. The smallest absolute Gasteiger partial charge is 0.337 e. The highest BCUT2D eigenvalue weighted by Crippen LogP contribution is 2.16. The summed E-state index contributed by atoms with van der Waals surface area (Å²) in [6, 6.07) is 5.03. The van der Waals surface area contributed by atoms with Gasteiger partial charge in [-0.1, -0.05) is 0 Å². The van der Waals surface area contributed by atoms with Crippen molar-refractivity contribution in [3.8, 4) is 0 Å². The highest BCUT2D eigenvalue weighted by molar-refractivity contribution is 6.08. The van der Waals surface area contributed by atoms with E-state index < -0.39 is 17.7 Å². The Hall–Kier alpha value is -2.76. The van der Waals surface area contributed by atoms with Crippen LogP contribution in [0.3, 0.4) is 0 Å². The summed E-state index contributed by atoms with van der Waals surface area (Å²) in [6.45, 7) is 1.60. The lowest BCUT2D eigenvalue weighted by atomic mass is 10.1. The molecule has 1 aromatic heterocycles. The normalized spacial score (nSPS) is 10.1. The van der Waals surface area contributed by atoms with Crippen LogP contribution >= 0.6 is 0 Å². The van der Waals surface area contributed by atoms with Gasteiger partial charge in [0.2, 0.25) is 0 Å². The number of carbonyl (C=O) groups excluding carboxylic acids is 1. The molecule has 0 bridgehead atoms. The van der Waals surface area contributed by atoms with Crippen LogP contribution in [0.15, 0.2) is 36.7 Å². The largest absolute Gasteiger partial charge is 0.478 e. The average molecular weight is 274 g/mol. The minimum Gasteiger partial charge on any atom is -0.478 e. The van der Waals surface area contributed by atoms with E-state index >= 15 is 0 Å². The molecule has 0 fully saturated rings. The van der Waals surface area contributed by atoms with E-state index in [4.69, 9.17) is 5.11 Å². The van der Waals surface area contributed by atoms with Crippen molar-refractivity contribution in [2.24, 2.45) is 0 Å². The first kappa shape index (κ1) is 13.7.